The molecule has 0 aliphatic heterocycles. The fourth-order valence-corrected chi connectivity index (χ4v) is 0.509. The van der Waals surface area contributed by atoms with Gasteiger partial charge in [0, 0.05) is 5.54 Å². The van der Waals surface area contributed by atoms with Crippen LogP contribution in [0.15, 0.2) is 0 Å². The molecule has 0 rings (SSSR count). The number of rotatable bonds is 4. The van der Waals surface area contributed by atoms with Gasteiger partial charge in [0.05, 0.1) is 13.7 Å². The average molecular weight is 159 g/mol. The second-order valence-corrected chi connectivity index (χ2v) is 3.17. The lowest BCUT2D eigenvalue weighted by molar-refractivity contribution is -0.139. The molecule has 11 heavy (non-hydrogen) atoms. The van der Waals surface area contributed by atoms with Crippen LogP contribution in [0, 0.1) is 0 Å². The molecule has 0 bridgehead atoms. The summed E-state index contributed by atoms with van der Waals surface area (Å²) in [7, 11) is 1.39. The second kappa shape index (κ2) is 4.34. The van der Waals surface area contributed by atoms with Crippen molar-refractivity contribution in [2.75, 3.05) is 13.7 Å². The van der Waals surface area contributed by atoms with E-state index in [9.17, 15) is 4.79 Å². The summed E-state index contributed by atoms with van der Waals surface area (Å²) < 4.78 is 4.49. The molecule has 0 saturated heterocycles. The normalized spacial score (nSPS) is 11.3. The molecule has 0 unspecified atom stereocenters. The Morgan fingerprint density at radius 3 is 2.45 bits per heavy atom. The highest BCUT2D eigenvalue weighted by Gasteiger charge is 2.14. The van der Waals surface area contributed by atoms with Crippen LogP contribution in [0.5, 0.6) is 0 Å². The molecule has 0 aromatic carbocycles. The molecular weight excluding hydrogens is 142 g/mol. The predicted molar refractivity (Wildman–Crippen MR) is 44.4 cm³/mol. The van der Waals surface area contributed by atoms with Crippen molar-refractivity contribution in [1.29, 1.82) is 0 Å². The lowest BCUT2D eigenvalue weighted by atomic mass is 10.0. The first-order valence-corrected chi connectivity index (χ1v) is 3.83. The summed E-state index contributed by atoms with van der Waals surface area (Å²) in [4.78, 5) is 10.7. The van der Waals surface area contributed by atoms with E-state index in [1.54, 1.807) is 0 Å². The van der Waals surface area contributed by atoms with Gasteiger partial charge in [-0.15, -0.1) is 0 Å². The summed E-state index contributed by atoms with van der Waals surface area (Å²) in [5, 5.41) is 3.08. The van der Waals surface area contributed by atoms with E-state index in [1.807, 2.05) is 0 Å². The van der Waals surface area contributed by atoms with Gasteiger partial charge in [-0.1, -0.05) is 6.92 Å². The summed E-state index contributed by atoms with van der Waals surface area (Å²) in [5.41, 5.74) is 0.0220. The van der Waals surface area contributed by atoms with E-state index >= 15 is 0 Å². The fourth-order valence-electron chi connectivity index (χ4n) is 0.509. The molecule has 0 fully saturated rings. The Morgan fingerprint density at radius 2 is 2.09 bits per heavy atom. The zero-order chi connectivity index (χ0) is 8.91. The molecule has 0 amide bonds. The first kappa shape index (κ1) is 10.4. The standard InChI is InChI=1S/C8H17NO2/c1-5-8(2,3)9-6-7(10)11-4/h9H,5-6H2,1-4H3. The summed E-state index contributed by atoms with van der Waals surface area (Å²) in [5.74, 6) is -0.216. The van der Waals surface area contributed by atoms with Crippen molar-refractivity contribution in [3.05, 3.63) is 0 Å². The monoisotopic (exact) mass is 159 g/mol. The van der Waals surface area contributed by atoms with Crippen LogP contribution in [0.1, 0.15) is 27.2 Å². The molecular formula is C8H17NO2. The summed E-state index contributed by atoms with van der Waals surface area (Å²) in [6, 6.07) is 0. The van der Waals surface area contributed by atoms with Crippen molar-refractivity contribution in [2.24, 2.45) is 0 Å². The van der Waals surface area contributed by atoms with Gasteiger partial charge < -0.3 is 10.1 Å². The average Bonchev–Trinajstić information content (AvgIpc) is 2.00. The van der Waals surface area contributed by atoms with Crippen LogP contribution in [0.2, 0.25) is 0 Å². The van der Waals surface area contributed by atoms with Gasteiger partial charge in [0.25, 0.3) is 0 Å². The molecule has 3 heteroatoms. The van der Waals surface area contributed by atoms with Crippen LogP contribution < -0.4 is 5.32 Å². The Labute approximate surface area is 68.1 Å². The molecule has 0 atom stereocenters. The Hall–Kier alpha value is -0.570. The van der Waals surface area contributed by atoms with Crippen LogP contribution >= 0.6 is 0 Å². The van der Waals surface area contributed by atoms with Gasteiger partial charge in [-0.25, -0.2) is 0 Å². The number of nitrogens with one attached hydrogen (secondary N) is 1. The van der Waals surface area contributed by atoms with Crippen LogP contribution in [0.3, 0.4) is 0 Å². The molecule has 0 spiro atoms. The Bertz CT molecular complexity index is 132. The van der Waals surface area contributed by atoms with E-state index in [0.717, 1.165) is 6.42 Å². The van der Waals surface area contributed by atoms with Crippen LogP contribution in [0.25, 0.3) is 0 Å². The smallest absolute Gasteiger partial charge is 0.319 e. The number of hydrogen-bond donors (Lipinski definition) is 1. The van der Waals surface area contributed by atoms with Crippen molar-refractivity contribution < 1.29 is 9.53 Å². The minimum Gasteiger partial charge on any atom is -0.468 e. The lowest BCUT2D eigenvalue weighted by Crippen LogP contribution is -2.41. The van der Waals surface area contributed by atoms with Crippen molar-refractivity contribution in [3.63, 3.8) is 0 Å². The van der Waals surface area contributed by atoms with Gasteiger partial charge in [-0.3, -0.25) is 4.79 Å². The minimum atomic E-state index is -0.216. The maximum absolute atomic E-state index is 10.7. The van der Waals surface area contributed by atoms with Gasteiger partial charge in [0.15, 0.2) is 0 Å². The highest BCUT2D eigenvalue weighted by Crippen LogP contribution is 2.05. The van der Waals surface area contributed by atoms with Crippen LogP contribution in [-0.4, -0.2) is 25.2 Å². The molecule has 3 nitrogen and oxygen atoms in total. The van der Waals surface area contributed by atoms with Crippen molar-refractivity contribution in [1.82, 2.24) is 5.32 Å². The Morgan fingerprint density at radius 1 is 1.55 bits per heavy atom. The maximum Gasteiger partial charge on any atom is 0.319 e. The van der Waals surface area contributed by atoms with E-state index in [4.69, 9.17) is 0 Å². The molecule has 66 valence electrons. The number of carbonyl (C=O) groups excluding carboxylic acids is 1. The Balaban J connectivity index is 3.61. The number of methoxy groups -OCH3 is 1. The first-order chi connectivity index (χ1) is 5.02. The van der Waals surface area contributed by atoms with Gasteiger partial charge in [-0.05, 0) is 20.3 Å². The molecule has 0 aliphatic carbocycles. The second-order valence-electron chi connectivity index (χ2n) is 3.17. The van der Waals surface area contributed by atoms with E-state index < -0.39 is 0 Å². The maximum atomic E-state index is 10.7. The van der Waals surface area contributed by atoms with Gasteiger partial charge in [0.1, 0.15) is 0 Å². The van der Waals surface area contributed by atoms with Crippen LogP contribution in [0.4, 0.5) is 0 Å². The van der Waals surface area contributed by atoms with Gasteiger partial charge in [-0.2, -0.15) is 0 Å². The zero-order valence-electron chi connectivity index (χ0n) is 7.73. The summed E-state index contributed by atoms with van der Waals surface area (Å²) >= 11 is 0. The topological polar surface area (TPSA) is 38.3 Å². The third kappa shape index (κ3) is 4.79. The predicted octanol–water partition coefficient (Wildman–Crippen LogP) is 0.938. The van der Waals surface area contributed by atoms with Crippen LogP contribution in [-0.2, 0) is 9.53 Å². The van der Waals surface area contributed by atoms with E-state index in [2.05, 4.69) is 30.8 Å². The highest BCUT2D eigenvalue weighted by molar-refractivity contribution is 5.71. The van der Waals surface area contributed by atoms with Crippen molar-refractivity contribution in [3.8, 4) is 0 Å². The molecule has 0 heterocycles. The number of esters is 1. The zero-order valence-corrected chi connectivity index (χ0v) is 7.73. The number of hydrogen-bond acceptors (Lipinski definition) is 3. The quantitative estimate of drug-likeness (QED) is 0.620. The van der Waals surface area contributed by atoms with Gasteiger partial charge in [0.2, 0.25) is 0 Å². The highest BCUT2D eigenvalue weighted by atomic mass is 16.5. The molecule has 0 aliphatic rings. The minimum absolute atomic E-state index is 0.0220. The Kier molecular flexibility index (Phi) is 4.11. The van der Waals surface area contributed by atoms with E-state index in [1.165, 1.54) is 7.11 Å². The summed E-state index contributed by atoms with van der Waals surface area (Å²) in [6.07, 6.45) is 0.990. The molecule has 0 saturated carbocycles. The third-order valence-corrected chi connectivity index (χ3v) is 1.82. The van der Waals surface area contributed by atoms with E-state index in [0.29, 0.717) is 0 Å². The molecule has 0 aromatic rings. The third-order valence-electron chi connectivity index (χ3n) is 1.82. The molecule has 0 aromatic heterocycles. The summed E-state index contributed by atoms with van der Waals surface area (Å²) in [6.45, 7) is 6.47. The number of carbonyl (C=O) groups is 1. The fraction of sp³-hybridized carbons (Fsp3) is 0.875. The molecule has 1 N–H and O–H groups in total. The van der Waals surface area contributed by atoms with Crippen molar-refractivity contribution in [2.45, 2.75) is 32.7 Å². The first-order valence-electron chi connectivity index (χ1n) is 3.83. The largest absolute Gasteiger partial charge is 0.468 e. The van der Waals surface area contributed by atoms with Crippen molar-refractivity contribution >= 4 is 5.97 Å². The molecule has 0 radical (unpaired) electrons. The lowest BCUT2D eigenvalue weighted by Gasteiger charge is -2.23. The van der Waals surface area contributed by atoms with Gasteiger partial charge >= 0.3 is 5.97 Å². The SMILES string of the molecule is CCC(C)(C)NCC(=O)OC. The van der Waals surface area contributed by atoms with E-state index in [-0.39, 0.29) is 18.1 Å². The number of ether oxygens (including phenoxy) is 1.